The van der Waals surface area contributed by atoms with E-state index in [1.165, 1.54) is 0 Å². The average Bonchev–Trinajstić information content (AvgIpc) is 1.97. The van der Waals surface area contributed by atoms with Gasteiger partial charge in [0.05, 0.1) is 9.37 Å². The smallest absolute Gasteiger partial charge is 0.238 e. The van der Waals surface area contributed by atoms with Crippen LogP contribution in [0.3, 0.4) is 0 Å². The zero-order valence-corrected chi connectivity index (χ0v) is 8.56. The lowest BCUT2D eigenvalue weighted by Gasteiger charge is -2.01. The van der Waals surface area contributed by atoms with Gasteiger partial charge in [0.15, 0.2) is 11.6 Å². The highest BCUT2D eigenvalue weighted by Crippen LogP contribution is 2.27. The van der Waals surface area contributed by atoms with Crippen molar-refractivity contribution in [2.45, 2.75) is 4.90 Å². The van der Waals surface area contributed by atoms with Crippen LogP contribution < -0.4 is 5.14 Å². The summed E-state index contributed by atoms with van der Waals surface area (Å²) in [5.74, 6) is -1.69. The van der Waals surface area contributed by atoms with Crippen molar-refractivity contribution in [3.63, 3.8) is 0 Å². The van der Waals surface area contributed by atoms with E-state index < -0.39 is 21.6 Å². The molecule has 3 N–H and O–H groups in total. The maximum atomic E-state index is 12.8. The third-order valence-electron chi connectivity index (χ3n) is 1.31. The Hall–Kier alpha value is -0.660. The molecule has 0 aliphatic heterocycles. The third-order valence-corrected chi connectivity index (χ3v) is 2.78. The van der Waals surface area contributed by atoms with E-state index in [4.69, 9.17) is 10.2 Å². The summed E-state index contributed by atoms with van der Waals surface area (Å²) in [6.45, 7) is 0. The SMILES string of the molecule is NS(=O)(=O)c1cc(O)c(F)c(Br)c1. The van der Waals surface area contributed by atoms with Gasteiger partial charge in [-0.2, -0.15) is 0 Å². The van der Waals surface area contributed by atoms with Crippen LogP contribution in [-0.4, -0.2) is 13.5 Å². The fourth-order valence-electron chi connectivity index (χ4n) is 0.715. The van der Waals surface area contributed by atoms with Crippen LogP contribution in [0.4, 0.5) is 4.39 Å². The summed E-state index contributed by atoms with van der Waals surface area (Å²) in [6, 6.07) is 1.72. The Morgan fingerprint density at radius 3 is 2.38 bits per heavy atom. The molecule has 0 radical (unpaired) electrons. The van der Waals surface area contributed by atoms with Gasteiger partial charge in [-0.05, 0) is 22.0 Å². The van der Waals surface area contributed by atoms with Gasteiger partial charge in [0.25, 0.3) is 0 Å². The van der Waals surface area contributed by atoms with Gasteiger partial charge in [-0.15, -0.1) is 0 Å². The molecule has 0 aliphatic rings. The molecule has 0 saturated heterocycles. The van der Waals surface area contributed by atoms with Crippen LogP contribution in [0, 0.1) is 5.82 Å². The van der Waals surface area contributed by atoms with E-state index in [0.717, 1.165) is 12.1 Å². The molecule has 0 unspecified atom stereocenters. The molecule has 0 aliphatic carbocycles. The van der Waals surface area contributed by atoms with Gasteiger partial charge in [0.2, 0.25) is 10.0 Å². The van der Waals surface area contributed by atoms with Crippen molar-refractivity contribution in [2.24, 2.45) is 5.14 Å². The highest BCUT2D eigenvalue weighted by Gasteiger charge is 2.14. The number of benzene rings is 1. The van der Waals surface area contributed by atoms with Crippen molar-refractivity contribution in [3.8, 4) is 5.75 Å². The second-order valence-electron chi connectivity index (χ2n) is 2.28. The number of sulfonamides is 1. The van der Waals surface area contributed by atoms with Crippen molar-refractivity contribution in [1.82, 2.24) is 0 Å². The second-order valence-corrected chi connectivity index (χ2v) is 4.70. The van der Waals surface area contributed by atoms with Gasteiger partial charge in [0.1, 0.15) is 0 Å². The monoisotopic (exact) mass is 269 g/mol. The maximum absolute atomic E-state index is 12.8. The predicted molar refractivity (Wildman–Crippen MR) is 47.1 cm³/mol. The normalized spacial score (nSPS) is 11.6. The number of aromatic hydroxyl groups is 1. The van der Waals surface area contributed by atoms with Crippen molar-refractivity contribution in [2.75, 3.05) is 0 Å². The van der Waals surface area contributed by atoms with Crippen LogP contribution in [0.25, 0.3) is 0 Å². The summed E-state index contributed by atoms with van der Waals surface area (Å²) in [5, 5.41) is 13.7. The van der Waals surface area contributed by atoms with E-state index in [9.17, 15) is 12.8 Å². The summed E-state index contributed by atoms with van der Waals surface area (Å²) >= 11 is 2.73. The van der Waals surface area contributed by atoms with Crippen molar-refractivity contribution in [3.05, 3.63) is 22.4 Å². The minimum Gasteiger partial charge on any atom is -0.505 e. The molecule has 72 valence electrons. The molecule has 1 aromatic carbocycles. The lowest BCUT2D eigenvalue weighted by Crippen LogP contribution is -2.12. The molecular weight excluding hydrogens is 265 g/mol. The number of hydrogen-bond donors (Lipinski definition) is 2. The first-order chi connectivity index (χ1) is 5.82. The molecule has 0 atom stereocenters. The zero-order chi connectivity index (χ0) is 10.2. The Morgan fingerprint density at radius 1 is 1.46 bits per heavy atom. The quantitative estimate of drug-likeness (QED) is 0.796. The lowest BCUT2D eigenvalue weighted by atomic mass is 10.3. The Balaban J connectivity index is 3.47. The highest BCUT2D eigenvalue weighted by atomic mass is 79.9. The van der Waals surface area contributed by atoms with E-state index in [1.54, 1.807) is 0 Å². The fraction of sp³-hybridized carbons (Fsp3) is 0. The molecule has 0 amide bonds. The highest BCUT2D eigenvalue weighted by molar-refractivity contribution is 9.10. The van der Waals surface area contributed by atoms with Gasteiger partial charge >= 0.3 is 0 Å². The molecular formula is C6H5BrFNO3S. The van der Waals surface area contributed by atoms with Crippen LogP contribution in [-0.2, 0) is 10.0 Å². The Kier molecular flexibility index (Phi) is 2.60. The molecule has 0 saturated carbocycles. The van der Waals surface area contributed by atoms with E-state index in [2.05, 4.69) is 15.9 Å². The molecule has 1 rings (SSSR count). The van der Waals surface area contributed by atoms with Gasteiger partial charge < -0.3 is 5.11 Å². The van der Waals surface area contributed by atoms with Crippen LogP contribution in [0.15, 0.2) is 21.5 Å². The number of phenolic OH excluding ortho intramolecular Hbond substituents is 1. The summed E-state index contributed by atoms with van der Waals surface area (Å²) in [5.41, 5.74) is 0. The van der Waals surface area contributed by atoms with Crippen molar-refractivity contribution >= 4 is 26.0 Å². The topological polar surface area (TPSA) is 80.4 Å². The van der Waals surface area contributed by atoms with Crippen LogP contribution in [0.1, 0.15) is 0 Å². The summed E-state index contributed by atoms with van der Waals surface area (Å²) in [4.78, 5) is -0.349. The van der Waals surface area contributed by atoms with Crippen molar-refractivity contribution < 1.29 is 17.9 Å². The maximum Gasteiger partial charge on any atom is 0.238 e. The molecule has 0 fully saturated rings. The number of nitrogens with two attached hydrogens (primary N) is 1. The van der Waals surface area contributed by atoms with Gasteiger partial charge in [-0.3, -0.25) is 0 Å². The number of primary sulfonamides is 1. The Bertz CT molecular complexity index is 422. The molecule has 0 bridgehead atoms. The second kappa shape index (κ2) is 3.24. The van der Waals surface area contributed by atoms with E-state index in [1.807, 2.05) is 0 Å². The number of rotatable bonds is 1. The molecule has 0 heterocycles. The van der Waals surface area contributed by atoms with Crippen LogP contribution in [0.5, 0.6) is 5.75 Å². The van der Waals surface area contributed by atoms with Crippen LogP contribution in [0.2, 0.25) is 0 Å². The molecule has 0 spiro atoms. The van der Waals surface area contributed by atoms with Gasteiger partial charge in [0, 0.05) is 6.07 Å². The first-order valence-corrected chi connectivity index (χ1v) is 5.37. The summed E-state index contributed by atoms with van der Waals surface area (Å²) in [6.07, 6.45) is 0. The summed E-state index contributed by atoms with van der Waals surface area (Å²) in [7, 11) is -3.92. The number of halogens is 2. The van der Waals surface area contributed by atoms with Crippen molar-refractivity contribution in [1.29, 1.82) is 0 Å². The van der Waals surface area contributed by atoms with Gasteiger partial charge in [-0.1, -0.05) is 0 Å². The third kappa shape index (κ3) is 2.17. The average molecular weight is 270 g/mol. The van der Waals surface area contributed by atoms with Gasteiger partial charge in [-0.25, -0.2) is 17.9 Å². The summed E-state index contributed by atoms with van der Waals surface area (Å²) < 4.78 is 34.2. The molecule has 1 aromatic rings. The minimum atomic E-state index is -3.92. The number of phenols is 1. The first-order valence-electron chi connectivity index (χ1n) is 3.03. The predicted octanol–water partition coefficient (Wildman–Crippen LogP) is 0.941. The number of hydrogen-bond acceptors (Lipinski definition) is 3. The molecule has 0 aromatic heterocycles. The first kappa shape index (κ1) is 10.4. The molecule has 4 nitrogen and oxygen atoms in total. The Morgan fingerprint density at radius 2 is 2.00 bits per heavy atom. The lowest BCUT2D eigenvalue weighted by molar-refractivity contribution is 0.428. The molecule has 13 heavy (non-hydrogen) atoms. The fourth-order valence-corrected chi connectivity index (χ4v) is 1.87. The largest absolute Gasteiger partial charge is 0.505 e. The van der Waals surface area contributed by atoms with E-state index in [-0.39, 0.29) is 9.37 Å². The zero-order valence-electron chi connectivity index (χ0n) is 6.16. The minimum absolute atomic E-state index is 0.156. The van der Waals surface area contributed by atoms with E-state index >= 15 is 0 Å². The van der Waals surface area contributed by atoms with Crippen LogP contribution >= 0.6 is 15.9 Å². The molecule has 7 heteroatoms. The standard InChI is InChI=1S/C6H5BrFNO3S/c7-4-1-3(13(9,11)12)2-5(10)6(4)8/h1-2,10H,(H2,9,11,12). The Labute approximate surface area is 82.4 Å². The van der Waals surface area contributed by atoms with E-state index in [0.29, 0.717) is 0 Å².